The van der Waals surface area contributed by atoms with Crippen LogP contribution in [-0.4, -0.2) is 41.4 Å². The summed E-state index contributed by atoms with van der Waals surface area (Å²) >= 11 is 5.65. The molecule has 174 valence electrons. The molecule has 1 fully saturated rings. The van der Waals surface area contributed by atoms with Gasteiger partial charge in [0.25, 0.3) is 5.56 Å². The molecule has 0 spiro atoms. The number of carbonyl (C=O) groups excluding carboxylic acids is 1. The van der Waals surface area contributed by atoms with Crippen molar-refractivity contribution in [3.05, 3.63) is 63.4 Å². The Kier molecular flexibility index (Phi) is 8.02. The molecular weight excluding hydrogens is 457 g/mol. The highest BCUT2D eigenvalue weighted by molar-refractivity contribution is 8.09. The molecule has 2 heterocycles. The second-order valence-corrected chi connectivity index (χ2v) is 10.6. The molecule has 2 unspecified atom stereocenters. The van der Waals surface area contributed by atoms with Crippen molar-refractivity contribution >= 4 is 24.4 Å². The summed E-state index contributed by atoms with van der Waals surface area (Å²) in [7, 11) is 1.29. The number of benzene rings is 1. The van der Waals surface area contributed by atoms with Crippen LogP contribution < -0.4 is 20.9 Å². The van der Waals surface area contributed by atoms with E-state index in [-0.39, 0.29) is 18.6 Å². The Morgan fingerprint density at radius 2 is 2.06 bits per heavy atom. The number of nitrogens with zero attached hydrogens (tertiary/aromatic N) is 1. The molecule has 1 aliphatic rings. The van der Waals surface area contributed by atoms with Crippen LogP contribution >= 0.6 is 6.64 Å². The Labute approximate surface area is 190 Å². The Balaban J connectivity index is 1.71. The van der Waals surface area contributed by atoms with E-state index in [1.54, 1.807) is 31.2 Å². The van der Waals surface area contributed by atoms with Gasteiger partial charge in [0.1, 0.15) is 18.0 Å². The second-order valence-electron chi connectivity index (χ2n) is 7.45. The molecule has 3 rings (SSSR count). The Hall–Kier alpha value is -2.30. The van der Waals surface area contributed by atoms with E-state index in [4.69, 9.17) is 30.3 Å². The molecule has 0 saturated carbocycles. The van der Waals surface area contributed by atoms with Crippen LogP contribution in [0, 0.1) is 5.92 Å². The smallest absolute Gasteiger partial charge is 0.330 e. The molecule has 1 aromatic heterocycles. The van der Waals surface area contributed by atoms with Crippen molar-refractivity contribution in [1.82, 2.24) is 14.6 Å². The molecule has 0 bridgehead atoms. The number of rotatable bonds is 9. The fourth-order valence-electron chi connectivity index (χ4n) is 3.35. The van der Waals surface area contributed by atoms with E-state index in [2.05, 4.69) is 10.1 Å². The Bertz CT molecular complexity index is 1090. The highest BCUT2D eigenvalue weighted by Crippen LogP contribution is 2.46. The lowest BCUT2D eigenvalue weighted by Crippen LogP contribution is -2.35. The summed E-state index contributed by atoms with van der Waals surface area (Å²) in [5, 5.41) is 2.94. The minimum atomic E-state index is -3.16. The normalized spacial score (nSPS) is 23.3. The van der Waals surface area contributed by atoms with E-state index in [0.717, 1.165) is 0 Å². The molecule has 10 nitrogen and oxygen atoms in total. The van der Waals surface area contributed by atoms with Crippen molar-refractivity contribution in [1.29, 1.82) is 0 Å². The van der Waals surface area contributed by atoms with Gasteiger partial charge in [-0.3, -0.25) is 19.1 Å². The maximum atomic E-state index is 12.1. The molecule has 0 amide bonds. The van der Waals surface area contributed by atoms with Gasteiger partial charge in [0.05, 0.1) is 19.8 Å². The fourth-order valence-corrected chi connectivity index (χ4v) is 5.79. The van der Waals surface area contributed by atoms with E-state index >= 15 is 0 Å². The van der Waals surface area contributed by atoms with Crippen LogP contribution in [0.5, 0.6) is 5.75 Å². The maximum absolute atomic E-state index is 12.1. The third-order valence-electron chi connectivity index (χ3n) is 4.88. The Morgan fingerprint density at radius 1 is 1.34 bits per heavy atom. The number of methoxy groups -OCH3 is 1. The van der Waals surface area contributed by atoms with Crippen LogP contribution in [0.4, 0.5) is 0 Å². The molecule has 12 heteroatoms. The number of hydrogen-bond donors (Lipinski definition) is 2. The first-order valence-corrected chi connectivity index (χ1v) is 12.7. The molecule has 0 aliphatic carbocycles. The van der Waals surface area contributed by atoms with Gasteiger partial charge in [-0.2, -0.15) is 0 Å². The van der Waals surface area contributed by atoms with Crippen LogP contribution in [0.1, 0.15) is 26.5 Å². The average molecular weight is 483 g/mol. The number of aromatic nitrogens is 2. The number of hydrogen-bond acceptors (Lipinski definition) is 8. The van der Waals surface area contributed by atoms with Crippen LogP contribution in [-0.2, 0) is 30.6 Å². The lowest BCUT2D eigenvalue weighted by atomic mass is 10.1. The second kappa shape index (κ2) is 10.5. The van der Waals surface area contributed by atoms with Crippen molar-refractivity contribution in [3.8, 4) is 5.75 Å². The highest BCUT2D eigenvalue weighted by atomic mass is 32.5. The van der Waals surface area contributed by atoms with Gasteiger partial charge in [-0.25, -0.2) is 9.88 Å². The van der Waals surface area contributed by atoms with Gasteiger partial charge in [-0.05, 0) is 37.3 Å². The summed E-state index contributed by atoms with van der Waals surface area (Å²) in [4.78, 5) is 37.6. The van der Waals surface area contributed by atoms with Crippen LogP contribution in [0.25, 0.3) is 0 Å². The first-order chi connectivity index (χ1) is 15.2. The van der Waals surface area contributed by atoms with Gasteiger partial charge in [-0.1, -0.05) is 25.1 Å². The van der Waals surface area contributed by atoms with E-state index in [0.29, 0.717) is 12.2 Å². The van der Waals surface area contributed by atoms with Crippen LogP contribution in [0.3, 0.4) is 0 Å². The zero-order valence-electron chi connectivity index (χ0n) is 17.9. The summed E-state index contributed by atoms with van der Waals surface area (Å²) < 4.78 is 24.0. The van der Waals surface area contributed by atoms with Gasteiger partial charge < -0.3 is 18.5 Å². The molecule has 2 N–H and O–H groups in total. The number of para-hydroxylation sites is 1. The SMILES string of the molecule is COC(=O)C(C)NP(=S)(OC[C@@H]1C[C@H](C)[C@H](n2ccc(=O)[nH]c2=O)O1)Oc1ccccc1. The van der Waals surface area contributed by atoms with Crippen LogP contribution in [0.2, 0.25) is 0 Å². The number of carbonyl (C=O) groups is 1. The summed E-state index contributed by atoms with van der Waals surface area (Å²) in [5.74, 6) is -0.0106. The number of ether oxygens (including phenoxy) is 2. The largest absolute Gasteiger partial charge is 0.468 e. The molecule has 1 aliphatic heterocycles. The predicted octanol–water partition coefficient (Wildman–Crippen LogP) is 1.93. The van der Waals surface area contributed by atoms with Crippen molar-refractivity contribution in [2.45, 2.75) is 38.6 Å². The summed E-state index contributed by atoms with van der Waals surface area (Å²) in [6, 6.07) is 9.44. The molecule has 2 aromatic rings. The van der Waals surface area contributed by atoms with Gasteiger partial charge in [0.15, 0.2) is 0 Å². The van der Waals surface area contributed by atoms with E-state index < -0.39 is 36.1 Å². The third-order valence-corrected chi connectivity index (χ3v) is 7.38. The predicted molar refractivity (Wildman–Crippen MR) is 121 cm³/mol. The number of nitrogens with one attached hydrogen (secondary N) is 2. The first kappa shape index (κ1) is 24.3. The molecule has 1 aromatic carbocycles. The van der Waals surface area contributed by atoms with Gasteiger partial charge in [-0.15, -0.1) is 0 Å². The number of aromatic amines is 1. The number of esters is 1. The molecule has 5 atom stereocenters. The van der Waals surface area contributed by atoms with Gasteiger partial charge in [0.2, 0.25) is 0 Å². The van der Waals surface area contributed by atoms with Gasteiger partial charge in [0, 0.05) is 18.2 Å². The monoisotopic (exact) mass is 483 g/mol. The first-order valence-electron chi connectivity index (χ1n) is 10.0. The lowest BCUT2D eigenvalue weighted by molar-refractivity contribution is -0.142. The van der Waals surface area contributed by atoms with E-state index in [1.165, 1.54) is 23.9 Å². The topological polar surface area (TPSA) is 121 Å². The summed E-state index contributed by atoms with van der Waals surface area (Å²) in [5.41, 5.74) is -1.01. The molecule has 32 heavy (non-hydrogen) atoms. The van der Waals surface area contributed by atoms with Crippen molar-refractivity contribution in [2.24, 2.45) is 5.92 Å². The quantitative estimate of drug-likeness (QED) is 0.407. The van der Waals surface area contributed by atoms with Crippen molar-refractivity contribution in [2.75, 3.05) is 13.7 Å². The Morgan fingerprint density at radius 3 is 2.72 bits per heavy atom. The van der Waals surface area contributed by atoms with Crippen molar-refractivity contribution < 1.29 is 23.3 Å². The zero-order valence-corrected chi connectivity index (χ0v) is 19.6. The standard InChI is InChI=1S/C20H26N3O7PS/c1-13-11-16(29-18(13)23-10-9-17(24)21-20(23)26)12-28-31(32,22-14(2)19(25)27-3)30-15-7-5-4-6-8-15/h4-10,13-14,16,18H,11-12H2,1-3H3,(H,22,32)(H,21,24,26)/t13-,14?,16-,18+,31?/m0/s1. The lowest BCUT2D eigenvalue weighted by Gasteiger charge is -2.27. The molecular formula is C20H26N3O7PS. The highest BCUT2D eigenvalue weighted by Gasteiger charge is 2.36. The summed E-state index contributed by atoms with van der Waals surface area (Å²) in [6.07, 6.45) is 1.09. The van der Waals surface area contributed by atoms with E-state index in [1.807, 2.05) is 13.0 Å². The average Bonchev–Trinajstić information content (AvgIpc) is 3.12. The minimum absolute atomic E-state index is 0.0120. The minimum Gasteiger partial charge on any atom is -0.468 e. The third kappa shape index (κ3) is 6.14. The molecule has 1 saturated heterocycles. The fraction of sp³-hybridized carbons (Fsp3) is 0.450. The van der Waals surface area contributed by atoms with Crippen LogP contribution in [0.15, 0.2) is 52.2 Å². The maximum Gasteiger partial charge on any atom is 0.330 e. The molecule has 0 radical (unpaired) electrons. The number of H-pyrrole nitrogens is 1. The van der Waals surface area contributed by atoms with Crippen molar-refractivity contribution in [3.63, 3.8) is 0 Å². The van der Waals surface area contributed by atoms with E-state index in [9.17, 15) is 14.4 Å². The summed E-state index contributed by atoms with van der Waals surface area (Å²) in [6.45, 7) is 0.479. The van der Waals surface area contributed by atoms with Gasteiger partial charge >= 0.3 is 18.3 Å². The zero-order chi connectivity index (χ0) is 23.3.